The summed E-state index contributed by atoms with van der Waals surface area (Å²) in [6, 6.07) is 10.9. The molecule has 0 spiro atoms. The lowest BCUT2D eigenvalue weighted by Gasteiger charge is -2.26. The van der Waals surface area contributed by atoms with Gasteiger partial charge in [0.1, 0.15) is 29.9 Å². The monoisotopic (exact) mass is 525 g/mol. The number of ether oxygens (including phenoxy) is 1. The third kappa shape index (κ3) is 9.88. The standard InChI is InChI=1S/C29H39N3O6/c1-18(2)14-26(35)31-25(16-21-6-10-23(34)11-7-21)28(36)32-27(19(3)4)29(37)30-22(17-33)15-20-8-12-24(38-5)13-9-20/h6-13,17-19,22,25,27,34H,14-16H2,1-5H3,(H,30,37)(H,31,35)(H,32,36)/t22-,25+,27+/m1/s1. The highest BCUT2D eigenvalue weighted by molar-refractivity contribution is 5.93. The Morgan fingerprint density at radius 1 is 0.842 bits per heavy atom. The number of aromatic hydroxyl groups is 1. The molecule has 0 heterocycles. The van der Waals surface area contributed by atoms with Gasteiger partial charge in [-0.05, 0) is 53.6 Å². The minimum Gasteiger partial charge on any atom is -0.508 e. The molecule has 0 bridgehead atoms. The van der Waals surface area contributed by atoms with Crippen LogP contribution in [0.15, 0.2) is 48.5 Å². The summed E-state index contributed by atoms with van der Waals surface area (Å²) in [5, 5.41) is 17.8. The first-order chi connectivity index (χ1) is 18.0. The molecule has 2 aromatic carbocycles. The Morgan fingerprint density at radius 3 is 1.95 bits per heavy atom. The zero-order valence-electron chi connectivity index (χ0n) is 22.7. The van der Waals surface area contributed by atoms with Gasteiger partial charge in [0.25, 0.3) is 0 Å². The first kappa shape index (κ1) is 30.3. The fourth-order valence-electron chi connectivity index (χ4n) is 3.91. The molecule has 3 amide bonds. The lowest BCUT2D eigenvalue weighted by atomic mass is 9.99. The van der Waals surface area contributed by atoms with Crippen molar-refractivity contribution in [1.29, 1.82) is 0 Å². The van der Waals surface area contributed by atoms with E-state index in [2.05, 4.69) is 16.0 Å². The van der Waals surface area contributed by atoms with Gasteiger partial charge in [0.15, 0.2) is 0 Å². The highest BCUT2D eigenvalue weighted by atomic mass is 16.5. The normalized spacial score (nSPS) is 13.3. The lowest BCUT2D eigenvalue weighted by Crippen LogP contribution is -2.57. The third-order valence-electron chi connectivity index (χ3n) is 5.98. The zero-order chi connectivity index (χ0) is 28.2. The third-order valence-corrected chi connectivity index (χ3v) is 5.98. The maximum Gasteiger partial charge on any atom is 0.243 e. The summed E-state index contributed by atoms with van der Waals surface area (Å²) in [5.74, 6) is -0.678. The van der Waals surface area contributed by atoms with Crippen molar-refractivity contribution in [3.8, 4) is 11.5 Å². The molecule has 38 heavy (non-hydrogen) atoms. The first-order valence-corrected chi connectivity index (χ1v) is 12.8. The highest BCUT2D eigenvalue weighted by Gasteiger charge is 2.30. The molecule has 2 rings (SSSR count). The second kappa shape index (κ2) is 14.8. The molecular weight excluding hydrogens is 486 g/mol. The predicted molar refractivity (Wildman–Crippen MR) is 145 cm³/mol. The molecule has 0 fully saturated rings. The predicted octanol–water partition coefficient (Wildman–Crippen LogP) is 2.54. The average molecular weight is 526 g/mol. The van der Waals surface area contributed by atoms with Gasteiger partial charge in [-0.2, -0.15) is 0 Å². The number of carbonyl (C=O) groups excluding carboxylic acids is 4. The van der Waals surface area contributed by atoms with Crippen LogP contribution in [0, 0.1) is 11.8 Å². The Labute approximate surface area is 224 Å². The fraction of sp³-hybridized carbons (Fsp3) is 0.448. The molecule has 0 aliphatic heterocycles. The van der Waals surface area contributed by atoms with Gasteiger partial charge < -0.3 is 30.6 Å². The molecule has 4 N–H and O–H groups in total. The Balaban J connectivity index is 2.13. The molecule has 9 heteroatoms. The van der Waals surface area contributed by atoms with Crippen LogP contribution in [0.3, 0.4) is 0 Å². The number of rotatable bonds is 14. The quantitative estimate of drug-likeness (QED) is 0.280. The second-order valence-electron chi connectivity index (χ2n) is 10.1. The summed E-state index contributed by atoms with van der Waals surface area (Å²) in [5.41, 5.74) is 1.58. The maximum absolute atomic E-state index is 13.3. The SMILES string of the molecule is COc1ccc(C[C@H](C=O)NC(=O)[C@@H](NC(=O)[C@H](Cc2ccc(O)cc2)NC(=O)CC(C)C)C(C)C)cc1. The molecule has 206 valence electrons. The van der Waals surface area contributed by atoms with Crippen molar-refractivity contribution in [3.63, 3.8) is 0 Å². The maximum atomic E-state index is 13.3. The van der Waals surface area contributed by atoms with Gasteiger partial charge in [0.05, 0.1) is 13.2 Å². The number of amides is 3. The van der Waals surface area contributed by atoms with E-state index in [9.17, 15) is 24.3 Å². The summed E-state index contributed by atoms with van der Waals surface area (Å²) in [6.45, 7) is 7.39. The number of nitrogens with one attached hydrogen (secondary N) is 3. The number of aldehydes is 1. The molecule has 3 atom stereocenters. The van der Waals surface area contributed by atoms with Gasteiger partial charge in [-0.1, -0.05) is 52.0 Å². The van der Waals surface area contributed by atoms with Crippen molar-refractivity contribution in [3.05, 3.63) is 59.7 Å². The molecule has 0 saturated heterocycles. The van der Waals surface area contributed by atoms with Gasteiger partial charge in [-0.25, -0.2) is 0 Å². The molecule has 0 unspecified atom stereocenters. The Bertz CT molecular complexity index is 1070. The summed E-state index contributed by atoms with van der Waals surface area (Å²) in [7, 11) is 1.56. The van der Waals surface area contributed by atoms with Crippen LogP contribution in [-0.2, 0) is 32.0 Å². The molecule has 0 aromatic heterocycles. The molecular formula is C29H39N3O6. The van der Waals surface area contributed by atoms with Crippen molar-refractivity contribution < 1.29 is 29.0 Å². The largest absolute Gasteiger partial charge is 0.508 e. The topological polar surface area (TPSA) is 134 Å². The Morgan fingerprint density at radius 2 is 1.42 bits per heavy atom. The summed E-state index contributed by atoms with van der Waals surface area (Å²) < 4.78 is 5.15. The van der Waals surface area contributed by atoms with E-state index in [1.54, 1.807) is 45.2 Å². The van der Waals surface area contributed by atoms with E-state index < -0.39 is 29.9 Å². The lowest BCUT2D eigenvalue weighted by molar-refractivity contribution is -0.133. The number of hydrogen-bond acceptors (Lipinski definition) is 6. The van der Waals surface area contributed by atoms with E-state index in [0.717, 1.165) is 11.1 Å². The van der Waals surface area contributed by atoms with Crippen LogP contribution >= 0.6 is 0 Å². The van der Waals surface area contributed by atoms with Gasteiger partial charge in [0.2, 0.25) is 17.7 Å². The van der Waals surface area contributed by atoms with Crippen molar-refractivity contribution >= 4 is 24.0 Å². The number of benzene rings is 2. The Hall–Kier alpha value is -3.88. The van der Waals surface area contributed by atoms with Crippen LogP contribution < -0.4 is 20.7 Å². The molecule has 0 aliphatic carbocycles. The fourth-order valence-corrected chi connectivity index (χ4v) is 3.91. The molecule has 2 aromatic rings. The second-order valence-corrected chi connectivity index (χ2v) is 10.1. The minimum absolute atomic E-state index is 0.0921. The van der Waals surface area contributed by atoms with Gasteiger partial charge in [-0.3, -0.25) is 14.4 Å². The highest BCUT2D eigenvalue weighted by Crippen LogP contribution is 2.14. The van der Waals surface area contributed by atoms with Crippen molar-refractivity contribution in [2.75, 3.05) is 7.11 Å². The van der Waals surface area contributed by atoms with Crippen molar-refractivity contribution in [1.82, 2.24) is 16.0 Å². The number of carbonyl (C=O) groups is 4. The van der Waals surface area contributed by atoms with E-state index in [1.165, 1.54) is 12.1 Å². The van der Waals surface area contributed by atoms with Crippen LogP contribution in [0.1, 0.15) is 45.2 Å². The van der Waals surface area contributed by atoms with E-state index in [4.69, 9.17) is 4.74 Å². The van der Waals surface area contributed by atoms with Gasteiger partial charge in [0, 0.05) is 12.8 Å². The van der Waals surface area contributed by atoms with Crippen molar-refractivity contribution in [2.45, 2.75) is 65.1 Å². The number of phenols is 1. The number of phenolic OH excluding ortho intramolecular Hbond substituents is 1. The van der Waals surface area contributed by atoms with Crippen LogP contribution in [0.25, 0.3) is 0 Å². The zero-order valence-corrected chi connectivity index (χ0v) is 22.7. The van der Waals surface area contributed by atoms with E-state index in [0.29, 0.717) is 12.0 Å². The molecule has 0 saturated carbocycles. The first-order valence-electron chi connectivity index (χ1n) is 12.8. The van der Waals surface area contributed by atoms with E-state index in [1.807, 2.05) is 26.0 Å². The summed E-state index contributed by atoms with van der Waals surface area (Å²) in [6.07, 6.45) is 1.38. The van der Waals surface area contributed by atoms with Gasteiger partial charge >= 0.3 is 0 Å². The molecule has 0 aliphatic rings. The summed E-state index contributed by atoms with van der Waals surface area (Å²) in [4.78, 5) is 50.7. The van der Waals surface area contributed by atoms with Crippen LogP contribution in [-0.4, -0.2) is 54.3 Å². The minimum atomic E-state index is -0.930. The van der Waals surface area contributed by atoms with E-state index in [-0.39, 0.29) is 42.8 Å². The molecule has 9 nitrogen and oxygen atoms in total. The average Bonchev–Trinajstić information content (AvgIpc) is 2.87. The smallest absolute Gasteiger partial charge is 0.243 e. The summed E-state index contributed by atoms with van der Waals surface area (Å²) >= 11 is 0. The van der Waals surface area contributed by atoms with Crippen LogP contribution in [0.4, 0.5) is 0 Å². The van der Waals surface area contributed by atoms with Gasteiger partial charge in [-0.15, -0.1) is 0 Å². The van der Waals surface area contributed by atoms with Crippen molar-refractivity contribution in [2.24, 2.45) is 11.8 Å². The van der Waals surface area contributed by atoms with E-state index >= 15 is 0 Å². The van der Waals surface area contributed by atoms with Crippen LogP contribution in [0.2, 0.25) is 0 Å². The Kier molecular flexibility index (Phi) is 11.8. The number of methoxy groups -OCH3 is 1. The molecule has 0 radical (unpaired) electrons. The van der Waals surface area contributed by atoms with Crippen LogP contribution in [0.5, 0.6) is 11.5 Å². The number of hydrogen-bond donors (Lipinski definition) is 4.